The molecule has 2 atom stereocenters. The van der Waals surface area contributed by atoms with Gasteiger partial charge in [0.05, 0.1) is 12.5 Å². The standard InChI is InChI=1S/C15H20F3NO2/c1-10(2)21-14(20)9-13(15(16,17)18)19-11(3)12-7-5-4-6-8-12/h4-8,10-11,13,19H,9H2,1-3H3/t11-,13?/m0/s1. The Morgan fingerprint density at radius 1 is 1.19 bits per heavy atom. The molecule has 1 rings (SSSR count). The summed E-state index contributed by atoms with van der Waals surface area (Å²) < 4.78 is 43.9. The van der Waals surface area contributed by atoms with Crippen LogP contribution in [-0.2, 0) is 9.53 Å². The van der Waals surface area contributed by atoms with Gasteiger partial charge in [0.1, 0.15) is 6.04 Å². The van der Waals surface area contributed by atoms with Crippen molar-refractivity contribution in [2.24, 2.45) is 0 Å². The quantitative estimate of drug-likeness (QED) is 0.816. The molecule has 0 aromatic heterocycles. The van der Waals surface area contributed by atoms with E-state index in [1.807, 2.05) is 0 Å². The van der Waals surface area contributed by atoms with Crippen molar-refractivity contribution in [2.45, 2.75) is 51.6 Å². The predicted molar refractivity (Wildman–Crippen MR) is 73.7 cm³/mol. The van der Waals surface area contributed by atoms with Crippen LogP contribution in [0.25, 0.3) is 0 Å². The van der Waals surface area contributed by atoms with Gasteiger partial charge in [-0.25, -0.2) is 0 Å². The van der Waals surface area contributed by atoms with Crippen LogP contribution in [0.3, 0.4) is 0 Å². The van der Waals surface area contributed by atoms with E-state index in [-0.39, 0.29) is 0 Å². The van der Waals surface area contributed by atoms with Crippen LogP contribution in [0, 0.1) is 0 Å². The number of ether oxygens (including phenoxy) is 1. The van der Waals surface area contributed by atoms with Crippen LogP contribution in [0.2, 0.25) is 0 Å². The first-order chi connectivity index (χ1) is 9.70. The van der Waals surface area contributed by atoms with E-state index < -0.39 is 36.8 Å². The Morgan fingerprint density at radius 2 is 1.76 bits per heavy atom. The summed E-state index contributed by atoms with van der Waals surface area (Å²) in [7, 11) is 0. The van der Waals surface area contributed by atoms with Crippen LogP contribution in [-0.4, -0.2) is 24.3 Å². The molecule has 0 saturated carbocycles. The number of halogens is 3. The van der Waals surface area contributed by atoms with Gasteiger partial charge >= 0.3 is 12.1 Å². The molecule has 0 radical (unpaired) electrons. The Kier molecular flexibility index (Phi) is 6.20. The Bertz CT molecular complexity index is 446. The molecule has 1 N–H and O–H groups in total. The normalized spacial score (nSPS) is 14.8. The molecule has 0 spiro atoms. The van der Waals surface area contributed by atoms with Crippen molar-refractivity contribution in [1.29, 1.82) is 0 Å². The lowest BCUT2D eigenvalue weighted by Gasteiger charge is -2.25. The zero-order valence-electron chi connectivity index (χ0n) is 12.3. The molecule has 0 aliphatic rings. The van der Waals surface area contributed by atoms with Crippen molar-refractivity contribution >= 4 is 5.97 Å². The maximum Gasteiger partial charge on any atom is 0.404 e. The van der Waals surface area contributed by atoms with Crippen molar-refractivity contribution < 1.29 is 22.7 Å². The fourth-order valence-corrected chi connectivity index (χ4v) is 1.89. The highest BCUT2D eigenvalue weighted by Gasteiger charge is 2.42. The summed E-state index contributed by atoms with van der Waals surface area (Å²) in [6.45, 7) is 4.82. The second-order valence-electron chi connectivity index (χ2n) is 5.14. The third kappa shape index (κ3) is 6.16. The van der Waals surface area contributed by atoms with Gasteiger partial charge in [-0.05, 0) is 26.3 Å². The molecule has 1 aromatic rings. The number of carbonyl (C=O) groups excluding carboxylic acids is 1. The summed E-state index contributed by atoms with van der Waals surface area (Å²) in [5.41, 5.74) is 0.726. The summed E-state index contributed by atoms with van der Waals surface area (Å²) in [5.74, 6) is -0.861. The molecule has 0 bridgehead atoms. The smallest absolute Gasteiger partial charge is 0.404 e. The minimum absolute atomic E-state index is 0.432. The van der Waals surface area contributed by atoms with E-state index in [9.17, 15) is 18.0 Å². The minimum atomic E-state index is -4.51. The van der Waals surface area contributed by atoms with Crippen LogP contribution < -0.4 is 5.32 Å². The lowest BCUT2D eigenvalue weighted by molar-refractivity contribution is -0.172. The molecule has 21 heavy (non-hydrogen) atoms. The summed E-state index contributed by atoms with van der Waals surface area (Å²) >= 11 is 0. The van der Waals surface area contributed by atoms with Gasteiger partial charge in [-0.1, -0.05) is 30.3 Å². The lowest BCUT2D eigenvalue weighted by atomic mass is 10.1. The Labute approximate surface area is 122 Å². The summed E-state index contributed by atoms with van der Waals surface area (Å²) in [5, 5.41) is 2.45. The molecular formula is C15H20F3NO2. The molecule has 1 aromatic carbocycles. The van der Waals surface area contributed by atoms with E-state index in [2.05, 4.69) is 5.32 Å². The SMILES string of the molecule is CC(C)OC(=O)CC(N[C@@H](C)c1ccccc1)C(F)(F)F. The van der Waals surface area contributed by atoms with Crippen LogP contribution in [0.1, 0.15) is 38.8 Å². The van der Waals surface area contributed by atoms with Gasteiger partial charge in [-0.2, -0.15) is 13.2 Å². The third-order valence-corrected chi connectivity index (χ3v) is 2.88. The van der Waals surface area contributed by atoms with Crippen LogP contribution in [0.5, 0.6) is 0 Å². The van der Waals surface area contributed by atoms with E-state index in [4.69, 9.17) is 4.74 Å². The van der Waals surface area contributed by atoms with Crippen molar-refractivity contribution in [3.05, 3.63) is 35.9 Å². The van der Waals surface area contributed by atoms with Crippen molar-refractivity contribution in [2.75, 3.05) is 0 Å². The number of rotatable bonds is 6. The highest BCUT2D eigenvalue weighted by Crippen LogP contribution is 2.26. The number of benzene rings is 1. The van der Waals surface area contributed by atoms with Gasteiger partial charge in [-0.15, -0.1) is 0 Å². The highest BCUT2D eigenvalue weighted by atomic mass is 19.4. The highest BCUT2D eigenvalue weighted by molar-refractivity contribution is 5.70. The minimum Gasteiger partial charge on any atom is -0.463 e. The Balaban J connectivity index is 2.73. The zero-order valence-corrected chi connectivity index (χ0v) is 12.3. The van der Waals surface area contributed by atoms with E-state index in [0.29, 0.717) is 0 Å². The maximum atomic E-state index is 13.0. The first kappa shape index (κ1) is 17.5. The van der Waals surface area contributed by atoms with Crippen LogP contribution in [0.4, 0.5) is 13.2 Å². The number of hydrogen-bond donors (Lipinski definition) is 1. The van der Waals surface area contributed by atoms with Gasteiger partial charge in [0.2, 0.25) is 0 Å². The summed E-state index contributed by atoms with van der Waals surface area (Å²) in [6.07, 6.45) is -5.68. The number of esters is 1. The van der Waals surface area contributed by atoms with Gasteiger partial charge < -0.3 is 4.74 Å². The molecule has 0 fully saturated rings. The average Bonchev–Trinajstić information content (AvgIpc) is 2.36. The monoisotopic (exact) mass is 303 g/mol. The first-order valence-corrected chi connectivity index (χ1v) is 6.77. The zero-order chi connectivity index (χ0) is 16.0. The molecule has 0 saturated heterocycles. The molecular weight excluding hydrogens is 283 g/mol. The average molecular weight is 303 g/mol. The van der Waals surface area contributed by atoms with Crippen molar-refractivity contribution in [3.8, 4) is 0 Å². The largest absolute Gasteiger partial charge is 0.463 e. The molecule has 3 nitrogen and oxygen atoms in total. The van der Waals surface area contributed by atoms with E-state index >= 15 is 0 Å². The van der Waals surface area contributed by atoms with E-state index in [1.54, 1.807) is 51.1 Å². The predicted octanol–water partition coefficient (Wildman–Crippen LogP) is 3.61. The van der Waals surface area contributed by atoms with Gasteiger partial charge in [0.25, 0.3) is 0 Å². The topological polar surface area (TPSA) is 38.3 Å². The fourth-order valence-electron chi connectivity index (χ4n) is 1.89. The second-order valence-corrected chi connectivity index (χ2v) is 5.14. The number of carbonyl (C=O) groups is 1. The van der Waals surface area contributed by atoms with Crippen molar-refractivity contribution in [1.82, 2.24) is 5.32 Å². The molecule has 1 unspecified atom stereocenters. The lowest BCUT2D eigenvalue weighted by Crippen LogP contribution is -2.45. The summed E-state index contributed by atoms with van der Waals surface area (Å²) in [6, 6.07) is 6.31. The third-order valence-electron chi connectivity index (χ3n) is 2.88. The number of hydrogen-bond acceptors (Lipinski definition) is 3. The fraction of sp³-hybridized carbons (Fsp3) is 0.533. The Hall–Kier alpha value is -1.56. The van der Waals surface area contributed by atoms with Crippen molar-refractivity contribution in [3.63, 3.8) is 0 Å². The maximum absolute atomic E-state index is 13.0. The van der Waals surface area contributed by atoms with E-state index in [0.717, 1.165) is 5.56 Å². The summed E-state index contributed by atoms with van der Waals surface area (Å²) in [4.78, 5) is 11.5. The molecule has 0 aliphatic heterocycles. The molecule has 6 heteroatoms. The molecule has 0 aliphatic carbocycles. The molecule has 118 valence electrons. The molecule has 0 heterocycles. The van der Waals surface area contributed by atoms with Gasteiger partial charge in [-0.3, -0.25) is 10.1 Å². The molecule has 0 amide bonds. The Morgan fingerprint density at radius 3 is 2.24 bits per heavy atom. The van der Waals surface area contributed by atoms with Crippen LogP contribution >= 0.6 is 0 Å². The first-order valence-electron chi connectivity index (χ1n) is 6.77. The number of alkyl halides is 3. The number of nitrogens with one attached hydrogen (secondary N) is 1. The van der Waals surface area contributed by atoms with E-state index in [1.165, 1.54) is 0 Å². The second kappa shape index (κ2) is 7.45. The van der Waals surface area contributed by atoms with Gasteiger partial charge in [0, 0.05) is 6.04 Å². The van der Waals surface area contributed by atoms with Crippen LogP contribution in [0.15, 0.2) is 30.3 Å². The van der Waals surface area contributed by atoms with Gasteiger partial charge in [0.15, 0.2) is 0 Å².